The summed E-state index contributed by atoms with van der Waals surface area (Å²) in [6.07, 6.45) is 6.38. The van der Waals surface area contributed by atoms with Crippen LogP contribution in [0.25, 0.3) is 0 Å². The summed E-state index contributed by atoms with van der Waals surface area (Å²) in [4.78, 5) is 19.0. The molecule has 0 spiro atoms. The largest absolute Gasteiger partial charge is 0.377 e. The molecule has 0 bridgehead atoms. The molecule has 0 radical (unpaired) electrons. The minimum absolute atomic E-state index is 0.0422. The smallest absolute Gasteiger partial charge is 0.229 e. The van der Waals surface area contributed by atoms with Gasteiger partial charge in [-0.1, -0.05) is 0 Å². The number of hydrogen-bond acceptors (Lipinski definition) is 4. The van der Waals surface area contributed by atoms with Crippen molar-refractivity contribution in [2.24, 2.45) is 5.92 Å². The topological polar surface area (TPSA) is 54.5 Å². The van der Waals surface area contributed by atoms with Gasteiger partial charge in [0.1, 0.15) is 5.82 Å². The molecule has 2 aliphatic rings. The summed E-state index contributed by atoms with van der Waals surface area (Å²) < 4.78 is 6.61. The number of aromatic nitrogens is 1. The lowest BCUT2D eigenvalue weighted by Crippen LogP contribution is -2.43. The highest BCUT2D eigenvalue weighted by Crippen LogP contribution is 2.21. The number of hydrogen-bond donors (Lipinski definition) is 1. The third kappa shape index (κ3) is 4.27. The van der Waals surface area contributed by atoms with Crippen LogP contribution < -0.4 is 5.32 Å². The fraction of sp³-hybridized carbons (Fsp3) is 0.625. The summed E-state index contributed by atoms with van der Waals surface area (Å²) in [5, 5.41) is 2.92. The average Bonchev–Trinajstić information content (AvgIpc) is 3.03. The maximum absolute atomic E-state index is 12.4. The number of nitrogens with zero attached hydrogens (tertiary/aromatic N) is 2. The van der Waals surface area contributed by atoms with E-state index in [0.29, 0.717) is 11.9 Å². The Labute approximate surface area is 139 Å². The second-order valence-electron chi connectivity index (χ2n) is 6.08. The Morgan fingerprint density at radius 2 is 2.32 bits per heavy atom. The molecule has 0 aliphatic carbocycles. The fourth-order valence-corrected chi connectivity index (χ4v) is 3.42. The number of ether oxygens (including phenoxy) is 1. The normalized spacial score (nSPS) is 26.0. The van der Waals surface area contributed by atoms with Gasteiger partial charge in [-0.15, -0.1) is 0 Å². The van der Waals surface area contributed by atoms with E-state index in [1.807, 2.05) is 12.1 Å². The SMILES string of the molecule is O=C(Nc1ccc(Br)cn1)C1CCCN(CC2CCCO2)C1. The van der Waals surface area contributed by atoms with Gasteiger partial charge >= 0.3 is 0 Å². The predicted octanol–water partition coefficient (Wildman–Crippen LogP) is 2.67. The molecule has 2 unspecified atom stereocenters. The average molecular weight is 368 g/mol. The minimum atomic E-state index is 0.0422. The summed E-state index contributed by atoms with van der Waals surface area (Å²) >= 11 is 3.34. The number of likely N-dealkylation sites (tertiary alicyclic amines) is 1. The number of pyridine rings is 1. The van der Waals surface area contributed by atoms with Gasteiger partial charge < -0.3 is 10.1 Å². The Bertz CT molecular complexity index is 503. The Kier molecular flexibility index (Phi) is 5.44. The van der Waals surface area contributed by atoms with Gasteiger partial charge in [0.15, 0.2) is 0 Å². The second kappa shape index (κ2) is 7.53. The van der Waals surface area contributed by atoms with Gasteiger partial charge in [-0.2, -0.15) is 0 Å². The molecule has 2 fully saturated rings. The molecule has 2 atom stereocenters. The van der Waals surface area contributed by atoms with Crippen LogP contribution >= 0.6 is 15.9 Å². The molecule has 0 aromatic carbocycles. The van der Waals surface area contributed by atoms with Crippen LogP contribution in [-0.2, 0) is 9.53 Å². The Morgan fingerprint density at radius 1 is 1.41 bits per heavy atom. The number of nitrogens with one attached hydrogen (secondary N) is 1. The van der Waals surface area contributed by atoms with Gasteiger partial charge in [-0.3, -0.25) is 9.69 Å². The van der Waals surface area contributed by atoms with Crippen LogP contribution in [-0.4, -0.2) is 48.1 Å². The zero-order valence-corrected chi connectivity index (χ0v) is 14.2. The van der Waals surface area contributed by atoms with Crippen molar-refractivity contribution in [3.05, 3.63) is 22.8 Å². The van der Waals surface area contributed by atoms with E-state index in [2.05, 4.69) is 31.1 Å². The Balaban J connectivity index is 1.52. The molecule has 5 nitrogen and oxygen atoms in total. The van der Waals surface area contributed by atoms with Crippen molar-refractivity contribution in [2.45, 2.75) is 31.8 Å². The van der Waals surface area contributed by atoms with Crippen molar-refractivity contribution in [1.82, 2.24) is 9.88 Å². The number of halogens is 1. The predicted molar refractivity (Wildman–Crippen MR) is 88.7 cm³/mol. The highest BCUT2D eigenvalue weighted by Gasteiger charge is 2.28. The highest BCUT2D eigenvalue weighted by molar-refractivity contribution is 9.10. The lowest BCUT2D eigenvalue weighted by molar-refractivity contribution is -0.121. The van der Waals surface area contributed by atoms with Crippen molar-refractivity contribution >= 4 is 27.7 Å². The van der Waals surface area contributed by atoms with Crippen molar-refractivity contribution < 1.29 is 9.53 Å². The molecule has 2 saturated heterocycles. The van der Waals surface area contributed by atoms with Crippen LogP contribution in [0.2, 0.25) is 0 Å². The van der Waals surface area contributed by atoms with Crippen LogP contribution in [0.3, 0.4) is 0 Å². The molecule has 22 heavy (non-hydrogen) atoms. The molecular formula is C16H22BrN3O2. The molecule has 6 heteroatoms. The van der Waals surface area contributed by atoms with Gasteiger partial charge in [0.05, 0.1) is 12.0 Å². The first-order chi connectivity index (χ1) is 10.7. The number of rotatable bonds is 4. The van der Waals surface area contributed by atoms with Crippen molar-refractivity contribution in [3.8, 4) is 0 Å². The molecule has 3 heterocycles. The molecule has 0 saturated carbocycles. The molecule has 120 valence electrons. The van der Waals surface area contributed by atoms with E-state index in [1.54, 1.807) is 6.20 Å². The van der Waals surface area contributed by atoms with E-state index in [-0.39, 0.29) is 11.8 Å². The summed E-state index contributed by atoms with van der Waals surface area (Å²) in [7, 11) is 0. The van der Waals surface area contributed by atoms with E-state index in [9.17, 15) is 4.79 Å². The number of carbonyl (C=O) groups excluding carboxylic acids is 1. The molecule has 1 N–H and O–H groups in total. The lowest BCUT2D eigenvalue weighted by Gasteiger charge is -2.33. The Hall–Kier alpha value is -0.980. The summed E-state index contributed by atoms with van der Waals surface area (Å²) in [6.45, 7) is 3.74. The highest BCUT2D eigenvalue weighted by atomic mass is 79.9. The van der Waals surface area contributed by atoms with E-state index >= 15 is 0 Å². The molecule has 1 aromatic heterocycles. The zero-order valence-electron chi connectivity index (χ0n) is 12.6. The summed E-state index contributed by atoms with van der Waals surface area (Å²) in [6, 6.07) is 3.70. The van der Waals surface area contributed by atoms with Gasteiger partial charge in [0.2, 0.25) is 5.91 Å². The Morgan fingerprint density at radius 3 is 3.05 bits per heavy atom. The number of piperidine rings is 1. The summed E-state index contributed by atoms with van der Waals surface area (Å²) in [5.74, 6) is 0.733. The fourth-order valence-electron chi connectivity index (χ4n) is 3.19. The first-order valence-electron chi connectivity index (χ1n) is 7.97. The minimum Gasteiger partial charge on any atom is -0.377 e. The van der Waals surface area contributed by atoms with Crippen molar-refractivity contribution in [2.75, 3.05) is 31.6 Å². The first-order valence-corrected chi connectivity index (χ1v) is 8.76. The van der Waals surface area contributed by atoms with Crippen LogP contribution in [0.5, 0.6) is 0 Å². The van der Waals surface area contributed by atoms with Gasteiger partial charge in [0.25, 0.3) is 0 Å². The maximum atomic E-state index is 12.4. The zero-order chi connectivity index (χ0) is 15.4. The molecule has 3 rings (SSSR count). The van der Waals surface area contributed by atoms with E-state index in [0.717, 1.165) is 56.4 Å². The molecule has 2 aliphatic heterocycles. The van der Waals surface area contributed by atoms with Crippen molar-refractivity contribution in [1.29, 1.82) is 0 Å². The van der Waals surface area contributed by atoms with Crippen LogP contribution in [0.4, 0.5) is 5.82 Å². The van der Waals surface area contributed by atoms with Gasteiger partial charge in [0, 0.05) is 30.4 Å². The van der Waals surface area contributed by atoms with E-state index in [1.165, 1.54) is 0 Å². The monoisotopic (exact) mass is 367 g/mol. The molecule has 1 amide bonds. The summed E-state index contributed by atoms with van der Waals surface area (Å²) in [5.41, 5.74) is 0. The molecular weight excluding hydrogens is 346 g/mol. The van der Waals surface area contributed by atoms with Gasteiger partial charge in [-0.05, 0) is 60.3 Å². The number of anilines is 1. The lowest BCUT2D eigenvalue weighted by atomic mass is 9.96. The first kappa shape index (κ1) is 15.9. The third-order valence-electron chi connectivity index (χ3n) is 4.34. The van der Waals surface area contributed by atoms with Crippen LogP contribution in [0, 0.1) is 5.92 Å². The third-order valence-corrected chi connectivity index (χ3v) is 4.81. The van der Waals surface area contributed by atoms with Crippen LogP contribution in [0.15, 0.2) is 22.8 Å². The van der Waals surface area contributed by atoms with Gasteiger partial charge in [-0.25, -0.2) is 4.98 Å². The standard InChI is InChI=1S/C16H22BrN3O2/c17-13-5-6-15(18-9-13)19-16(21)12-3-1-7-20(10-12)11-14-4-2-8-22-14/h5-6,9,12,14H,1-4,7-8,10-11H2,(H,18,19,21). The van der Waals surface area contributed by atoms with Crippen LogP contribution in [0.1, 0.15) is 25.7 Å². The molecule has 1 aromatic rings. The number of amides is 1. The van der Waals surface area contributed by atoms with E-state index in [4.69, 9.17) is 4.74 Å². The van der Waals surface area contributed by atoms with Crippen molar-refractivity contribution in [3.63, 3.8) is 0 Å². The van der Waals surface area contributed by atoms with E-state index < -0.39 is 0 Å². The second-order valence-corrected chi connectivity index (χ2v) is 7.00. The number of carbonyl (C=O) groups is 1. The maximum Gasteiger partial charge on any atom is 0.229 e. The quantitative estimate of drug-likeness (QED) is 0.888.